The Morgan fingerprint density at radius 1 is 1.19 bits per heavy atom. The Bertz CT molecular complexity index is 588. The summed E-state index contributed by atoms with van der Waals surface area (Å²) < 4.78 is 37.3. The van der Waals surface area contributed by atoms with Crippen molar-refractivity contribution in [1.29, 1.82) is 0 Å². The lowest BCUT2D eigenvalue weighted by molar-refractivity contribution is -0.137. The fraction of sp³-hybridized carbons (Fsp3) is 0.333. The van der Waals surface area contributed by atoms with Gasteiger partial charge in [0.1, 0.15) is 0 Å². The van der Waals surface area contributed by atoms with Gasteiger partial charge in [-0.2, -0.15) is 13.2 Å². The highest BCUT2D eigenvalue weighted by atomic mass is 19.4. The third-order valence-corrected chi connectivity index (χ3v) is 3.20. The lowest BCUT2D eigenvalue weighted by Crippen LogP contribution is -2.27. The lowest BCUT2D eigenvalue weighted by Gasteiger charge is -2.19. The number of amides is 1. The van der Waals surface area contributed by atoms with E-state index in [1.54, 1.807) is 0 Å². The zero-order valence-electron chi connectivity index (χ0n) is 11.3. The molecular weight excluding hydrogens is 283 g/mol. The summed E-state index contributed by atoms with van der Waals surface area (Å²) in [6.45, 7) is 1.90. The summed E-state index contributed by atoms with van der Waals surface area (Å²) in [4.78, 5) is 23.3. The predicted octanol–water partition coefficient (Wildman–Crippen LogP) is 3.32. The van der Waals surface area contributed by atoms with E-state index < -0.39 is 17.6 Å². The highest BCUT2D eigenvalue weighted by Gasteiger charge is 2.30. The first-order valence-electron chi connectivity index (χ1n) is 6.47. The summed E-state index contributed by atoms with van der Waals surface area (Å²) >= 11 is 0. The van der Waals surface area contributed by atoms with Gasteiger partial charge in [0.2, 0.25) is 0 Å². The van der Waals surface area contributed by atoms with Crippen molar-refractivity contribution in [3.8, 4) is 0 Å². The van der Waals surface area contributed by atoms with Crippen LogP contribution in [0.5, 0.6) is 0 Å². The van der Waals surface area contributed by atoms with Gasteiger partial charge in [0.15, 0.2) is 5.78 Å². The van der Waals surface area contributed by atoms with Gasteiger partial charge in [-0.05, 0) is 36.6 Å². The number of carbonyl (C=O) groups is 2. The Kier molecular flexibility index (Phi) is 4.16. The highest BCUT2D eigenvalue weighted by molar-refractivity contribution is 5.97. The Hall–Kier alpha value is -2.11. The monoisotopic (exact) mass is 297 g/mol. The van der Waals surface area contributed by atoms with Crippen LogP contribution in [0.3, 0.4) is 0 Å². The van der Waals surface area contributed by atoms with Crippen molar-refractivity contribution < 1.29 is 22.8 Å². The zero-order valence-corrected chi connectivity index (χ0v) is 11.3. The summed E-state index contributed by atoms with van der Waals surface area (Å²) in [5, 5.41) is 2.57. The quantitative estimate of drug-likeness (QED) is 0.910. The molecule has 21 heavy (non-hydrogen) atoms. The summed E-state index contributed by atoms with van der Waals surface area (Å²) in [5.74, 6) is -0.432. The summed E-state index contributed by atoms with van der Waals surface area (Å²) in [6, 6.07) is 3.95. The highest BCUT2D eigenvalue weighted by Crippen LogP contribution is 2.29. The molecule has 0 aromatic heterocycles. The fourth-order valence-corrected chi connectivity index (χ4v) is 2.22. The topological polar surface area (TPSA) is 46.2 Å². The number of ketones is 1. The van der Waals surface area contributed by atoms with Gasteiger partial charge >= 0.3 is 6.18 Å². The molecule has 1 aliphatic carbocycles. The smallest absolute Gasteiger partial charge is 0.326 e. The van der Waals surface area contributed by atoms with E-state index in [0.717, 1.165) is 24.3 Å². The van der Waals surface area contributed by atoms with Crippen molar-refractivity contribution in [3.05, 3.63) is 47.2 Å². The maximum absolute atomic E-state index is 12.4. The van der Waals surface area contributed by atoms with Crippen molar-refractivity contribution in [1.82, 2.24) is 5.32 Å². The van der Waals surface area contributed by atoms with Gasteiger partial charge in [-0.1, -0.05) is 6.92 Å². The molecule has 1 aromatic carbocycles. The van der Waals surface area contributed by atoms with Crippen LogP contribution in [-0.4, -0.2) is 11.7 Å². The predicted molar refractivity (Wildman–Crippen MR) is 70.4 cm³/mol. The molecule has 0 radical (unpaired) electrons. The second-order valence-electron chi connectivity index (χ2n) is 5.18. The van der Waals surface area contributed by atoms with Crippen molar-refractivity contribution in [2.24, 2.45) is 5.92 Å². The number of benzene rings is 1. The third-order valence-electron chi connectivity index (χ3n) is 3.20. The van der Waals surface area contributed by atoms with Crippen molar-refractivity contribution in [3.63, 3.8) is 0 Å². The minimum absolute atomic E-state index is 0.0588. The standard InChI is InChI=1S/C15H14F3NO2/c1-9-6-12(8-13(20)7-9)19-14(21)10-2-4-11(5-3-10)15(16,17)18/h2-5,8-9H,6-7H2,1H3,(H,19,21). The van der Waals surface area contributed by atoms with Crippen molar-refractivity contribution >= 4 is 11.7 Å². The van der Waals surface area contributed by atoms with Crippen LogP contribution in [0.15, 0.2) is 36.0 Å². The minimum atomic E-state index is -4.43. The molecule has 0 saturated heterocycles. The maximum atomic E-state index is 12.4. The number of alkyl halides is 3. The van der Waals surface area contributed by atoms with E-state index in [2.05, 4.69) is 5.32 Å². The summed E-state index contributed by atoms with van der Waals surface area (Å²) in [5.41, 5.74) is -0.182. The molecule has 1 N–H and O–H groups in total. The van der Waals surface area contributed by atoms with Gasteiger partial charge in [-0.25, -0.2) is 0 Å². The van der Waals surface area contributed by atoms with Crippen LogP contribution >= 0.6 is 0 Å². The normalized spacial score (nSPS) is 19.1. The van der Waals surface area contributed by atoms with Crippen LogP contribution in [0, 0.1) is 5.92 Å². The Morgan fingerprint density at radius 3 is 2.33 bits per heavy atom. The molecule has 1 unspecified atom stereocenters. The van der Waals surface area contributed by atoms with Gasteiger partial charge in [0.25, 0.3) is 5.91 Å². The number of allylic oxidation sites excluding steroid dienone is 2. The fourth-order valence-electron chi connectivity index (χ4n) is 2.22. The van der Waals surface area contributed by atoms with Gasteiger partial charge in [-0.15, -0.1) is 0 Å². The summed E-state index contributed by atoms with van der Waals surface area (Å²) in [7, 11) is 0. The van der Waals surface area contributed by atoms with Crippen molar-refractivity contribution in [2.45, 2.75) is 25.9 Å². The lowest BCUT2D eigenvalue weighted by atomic mass is 9.93. The van der Waals surface area contributed by atoms with Crippen LogP contribution in [0.4, 0.5) is 13.2 Å². The number of rotatable bonds is 2. The largest absolute Gasteiger partial charge is 0.416 e. The number of nitrogens with one attached hydrogen (secondary N) is 1. The second kappa shape index (κ2) is 5.71. The number of carbonyl (C=O) groups excluding carboxylic acids is 2. The first-order chi connectivity index (χ1) is 9.75. The van der Waals surface area contributed by atoms with E-state index in [9.17, 15) is 22.8 Å². The van der Waals surface area contributed by atoms with Crippen molar-refractivity contribution in [2.75, 3.05) is 0 Å². The third kappa shape index (κ3) is 3.93. The Balaban J connectivity index is 2.09. The van der Waals surface area contributed by atoms with E-state index in [0.29, 0.717) is 18.5 Å². The molecule has 0 heterocycles. The van der Waals surface area contributed by atoms with E-state index in [-0.39, 0.29) is 17.3 Å². The molecular formula is C15H14F3NO2. The molecule has 1 atom stereocenters. The minimum Gasteiger partial charge on any atom is -0.326 e. The first kappa shape index (κ1) is 15.3. The van der Waals surface area contributed by atoms with Gasteiger partial charge in [0.05, 0.1) is 5.56 Å². The van der Waals surface area contributed by atoms with Crippen LogP contribution < -0.4 is 5.32 Å². The van der Waals surface area contributed by atoms with Gasteiger partial charge < -0.3 is 5.32 Å². The molecule has 0 aliphatic heterocycles. The van der Waals surface area contributed by atoms with Gasteiger partial charge in [-0.3, -0.25) is 9.59 Å². The van der Waals surface area contributed by atoms with E-state index in [1.165, 1.54) is 6.08 Å². The molecule has 112 valence electrons. The Morgan fingerprint density at radius 2 is 1.81 bits per heavy atom. The SMILES string of the molecule is CC1CC(=O)C=C(NC(=O)c2ccc(C(F)(F)F)cc2)C1. The molecule has 1 aromatic rings. The summed E-state index contributed by atoms with van der Waals surface area (Å²) in [6.07, 6.45) is -2.04. The average molecular weight is 297 g/mol. The molecule has 1 amide bonds. The number of hydrogen-bond donors (Lipinski definition) is 1. The van der Waals surface area contributed by atoms with Crippen LogP contribution in [0.25, 0.3) is 0 Å². The van der Waals surface area contributed by atoms with E-state index in [4.69, 9.17) is 0 Å². The second-order valence-corrected chi connectivity index (χ2v) is 5.18. The van der Waals surface area contributed by atoms with Crippen LogP contribution in [0.1, 0.15) is 35.7 Å². The molecule has 1 aliphatic rings. The number of halogens is 3. The molecule has 0 spiro atoms. The number of hydrogen-bond acceptors (Lipinski definition) is 2. The van der Waals surface area contributed by atoms with Gasteiger partial charge in [0, 0.05) is 23.8 Å². The first-order valence-corrected chi connectivity index (χ1v) is 6.47. The Labute approximate surface area is 119 Å². The maximum Gasteiger partial charge on any atom is 0.416 e. The van der Waals surface area contributed by atoms with E-state index >= 15 is 0 Å². The van der Waals surface area contributed by atoms with Crippen LogP contribution in [0.2, 0.25) is 0 Å². The average Bonchev–Trinajstić information content (AvgIpc) is 2.36. The molecule has 3 nitrogen and oxygen atoms in total. The molecule has 0 bridgehead atoms. The molecule has 2 rings (SSSR count). The molecule has 0 fully saturated rings. The molecule has 0 saturated carbocycles. The zero-order chi connectivity index (χ0) is 15.6. The molecule has 6 heteroatoms. The van der Waals surface area contributed by atoms with E-state index in [1.807, 2.05) is 6.92 Å². The van der Waals surface area contributed by atoms with Crippen LogP contribution in [-0.2, 0) is 11.0 Å².